The van der Waals surface area contributed by atoms with Crippen molar-refractivity contribution in [3.05, 3.63) is 29.1 Å². The van der Waals surface area contributed by atoms with Crippen molar-refractivity contribution in [3.8, 4) is 11.8 Å². The lowest BCUT2D eigenvalue weighted by Gasteiger charge is -2.37. The summed E-state index contributed by atoms with van der Waals surface area (Å²) in [5, 5.41) is 8.85. The van der Waals surface area contributed by atoms with Crippen molar-refractivity contribution in [3.63, 3.8) is 0 Å². The summed E-state index contributed by atoms with van der Waals surface area (Å²) in [5.41, 5.74) is 1.01. The Kier molecular flexibility index (Phi) is 3.49. The molecular formula is C13H12F2N2O2. The van der Waals surface area contributed by atoms with Crippen molar-refractivity contribution in [2.75, 3.05) is 19.6 Å². The van der Waals surface area contributed by atoms with Crippen LogP contribution in [0.15, 0.2) is 12.1 Å². The summed E-state index contributed by atoms with van der Waals surface area (Å²) in [5.74, 6) is 1.82. The molecule has 1 N–H and O–H groups in total. The van der Waals surface area contributed by atoms with Gasteiger partial charge >= 0.3 is 5.97 Å². The second kappa shape index (κ2) is 4.94. The fraction of sp³-hybridized carbons (Fsp3) is 0.385. The molecule has 100 valence electrons. The number of aromatic nitrogens is 1. The Balaban J connectivity index is 2.02. The SMILES string of the molecule is Cc1cc(C#CCN2CC(F)(F)C2)cc(C(=O)O)n1. The maximum Gasteiger partial charge on any atom is 0.354 e. The van der Waals surface area contributed by atoms with E-state index in [2.05, 4.69) is 16.8 Å². The fourth-order valence-corrected chi connectivity index (χ4v) is 1.82. The van der Waals surface area contributed by atoms with Gasteiger partial charge in [0.1, 0.15) is 5.69 Å². The van der Waals surface area contributed by atoms with E-state index in [4.69, 9.17) is 5.11 Å². The number of carboxylic acids is 1. The molecule has 0 amide bonds. The highest BCUT2D eigenvalue weighted by molar-refractivity contribution is 5.85. The van der Waals surface area contributed by atoms with Gasteiger partial charge in [-0.25, -0.2) is 18.6 Å². The molecule has 0 spiro atoms. The Morgan fingerprint density at radius 3 is 2.79 bits per heavy atom. The van der Waals surface area contributed by atoms with Gasteiger partial charge in [0, 0.05) is 11.3 Å². The van der Waals surface area contributed by atoms with Crippen molar-refractivity contribution >= 4 is 5.97 Å². The van der Waals surface area contributed by atoms with Crippen molar-refractivity contribution in [2.45, 2.75) is 12.8 Å². The minimum atomic E-state index is -2.59. The molecule has 0 aromatic carbocycles. The van der Waals surface area contributed by atoms with Gasteiger partial charge in [-0.2, -0.15) is 0 Å². The summed E-state index contributed by atoms with van der Waals surface area (Å²) in [6.45, 7) is 1.39. The van der Waals surface area contributed by atoms with Crippen molar-refractivity contribution < 1.29 is 18.7 Å². The van der Waals surface area contributed by atoms with Crippen LogP contribution in [0.5, 0.6) is 0 Å². The number of carboxylic acid groups (broad SMARTS) is 1. The van der Waals surface area contributed by atoms with E-state index in [-0.39, 0.29) is 25.3 Å². The van der Waals surface area contributed by atoms with Crippen molar-refractivity contribution in [2.24, 2.45) is 0 Å². The molecule has 1 saturated heterocycles. The van der Waals surface area contributed by atoms with E-state index < -0.39 is 11.9 Å². The van der Waals surface area contributed by atoms with E-state index in [1.165, 1.54) is 11.0 Å². The molecule has 1 aliphatic rings. The van der Waals surface area contributed by atoms with Crippen molar-refractivity contribution in [1.29, 1.82) is 0 Å². The molecule has 2 rings (SSSR count). The van der Waals surface area contributed by atoms with Gasteiger partial charge in [0.25, 0.3) is 5.92 Å². The summed E-state index contributed by atoms with van der Waals surface area (Å²) in [6.07, 6.45) is 0. The Morgan fingerprint density at radius 1 is 1.53 bits per heavy atom. The maximum absolute atomic E-state index is 12.6. The van der Waals surface area contributed by atoms with E-state index in [0.29, 0.717) is 11.3 Å². The lowest BCUT2D eigenvalue weighted by molar-refractivity contribution is -0.125. The lowest BCUT2D eigenvalue weighted by atomic mass is 10.1. The number of aromatic carboxylic acids is 1. The third-order valence-electron chi connectivity index (χ3n) is 2.62. The molecule has 0 bridgehead atoms. The molecule has 0 aliphatic carbocycles. The van der Waals surface area contributed by atoms with Gasteiger partial charge in [-0.3, -0.25) is 4.90 Å². The molecule has 4 nitrogen and oxygen atoms in total. The average Bonchev–Trinajstić information content (AvgIpc) is 2.25. The zero-order valence-corrected chi connectivity index (χ0v) is 10.3. The molecule has 2 heterocycles. The van der Waals surface area contributed by atoms with Crippen LogP contribution in [0.4, 0.5) is 8.78 Å². The highest BCUT2D eigenvalue weighted by Crippen LogP contribution is 2.25. The van der Waals surface area contributed by atoms with Gasteiger partial charge in [0.05, 0.1) is 19.6 Å². The van der Waals surface area contributed by atoms with Crippen LogP contribution in [0.25, 0.3) is 0 Å². The van der Waals surface area contributed by atoms with Gasteiger partial charge in [0.2, 0.25) is 0 Å². The average molecular weight is 266 g/mol. The van der Waals surface area contributed by atoms with E-state index in [9.17, 15) is 13.6 Å². The molecule has 1 aromatic heterocycles. The van der Waals surface area contributed by atoms with Crippen molar-refractivity contribution in [1.82, 2.24) is 9.88 Å². The normalized spacial score (nSPS) is 17.2. The van der Waals surface area contributed by atoms with Gasteiger partial charge in [-0.15, -0.1) is 0 Å². The Labute approximate surface area is 109 Å². The molecule has 1 fully saturated rings. The number of likely N-dealkylation sites (tertiary alicyclic amines) is 1. The first-order valence-corrected chi connectivity index (χ1v) is 5.67. The summed E-state index contributed by atoms with van der Waals surface area (Å²) in [4.78, 5) is 16.2. The van der Waals surface area contributed by atoms with Crippen LogP contribution in [0.3, 0.4) is 0 Å². The molecule has 6 heteroatoms. The third-order valence-corrected chi connectivity index (χ3v) is 2.62. The molecule has 0 saturated carbocycles. The number of halogens is 2. The largest absolute Gasteiger partial charge is 0.477 e. The van der Waals surface area contributed by atoms with E-state index in [1.54, 1.807) is 13.0 Å². The predicted molar refractivity (Wildman–Crippen MR) is 64.2 cm³/mol. The first-order valence-electron chi connectivity index (χ1n) is 5.67. The molecular weight excluding hydrogens is 254 g/mol. The van der Waals surface area contributed by atoms with Crippen LogP contribution in [0.2, 0.25) is 0 Å². The highest BCUT2D eigenvalue weighted by atomic mass is 19.3. The maximum atomic E-state index is 12.6. The second-order valence-electron chi connectivity index (χ2n) is 4.49. The third kappa shape index (κ3) is 3.48. The van der Waals surface area contributed by atoms with Gasteiger partial charge < -0.3 is 5.11 Å². The summed E-state index contributed by atoms with van der Waals surface area (Å²) in [6, 6.07) is 3.02. The number of pyridine rings is 1. The number of aryl methyl sites for hydroxylation is 1. The molecule has 0 unspecified atom stereocenters. The minimum absolute atomic E-state index is 0.0696. The summed E-state index contributed by atoms with van der Waals surface area (Å²) in [7, 11) is 0. The second-order valence-corrected chi connectivity index (χ2v) is 4.49. The number of nitrogens with zero attached hydrogens (tertiary/aromatic N) is 2. The number of rotatable bonds is 2. The highest BCUT2D eigenvalue weighted by Gasteiger charge is 2.43. The molecule has 19 heavy (non-hydrogen) atoms. The predicted octanol–water partition coefficient (Wildman–Crippen LogP) is 1.39. The number of hydrogen-bond donors (Lipinski definition) is 1. The van der Waals surface area contributed by atoms with Gasteiger partial charge in [-0.1, -0.05) is 11.8 Å². The Morgan fingerprint density at radius 2 is 2.21 bits per heavy atom. The van der Waals surface area contributed by atoms with Crippen LogP contribution >= 0.6 is 0 Å². The molecule has 1 aliphatic heterocycles. The molecule has 0 radical (unpaired) electrons. The smallest absolute Gasteiger partial charge is 0.354 e. The monoisotopic (exact) mass is 266 g/mol. The Bertz CT molecular complexity index is 568. The molecule has 1 aromatic rings. The van der Waals surface area contributed by atoms with E-state index in [0.717, 1.165) is 0 Å². The summed E-state index contributed by atoms with van der Waals surface area (Å²) < 4.78 is 25.1. The Hall–Kier alpha value is -2.00. The van der Waals surface area contributed by atoms with Crippen LogP contribution < -0.4 is 0 Å². The zero-order chi connectivity index (χ0) is 14.0. The van der Waals surface area contributed by atoms with Gasteiger partial charge in [0.15, 0.2) is 0 Å². The van der Waals surface area contributed by atoms with Crippen LogP contribution in [0.1, 0.15) is 21.7 Å². The fourth-order valence-electron chi connectivity index (χ4n) is 1.82. The lowest BCUT2D eigenvalue weighted by Crippen LogP contribution is -2.55. The summed E-state index contributed by atoms with van der Waals surface area (Å²) >= 11 is 0. The van der Waals surface area contributed by atoms with Gasteiger partial charge in [-0.05, 0) is 19.1 Å². The van der Waals surface area contributed by atoms with E-state index in [1.807, 2.05) is 0 Å². The van der Waals surface area contributed by atoms with Crippen LogP contribution in [0, 0.1) is 18.8 Å². The van der Waals surface area contributed by atoms with Crippen LogP contribution in [-0.4, -0.2) is 46.5 Å². The first kappa shape index (κ1) is 13.4. The molecule has 0 atom stereocenters. The number of hydrogen-bond acceptors (Lipinski definition) is 3. The number of alkyl halides is 2. The number of carbonyl (C=O) groups is 1. The quantitative estimate of drug-likeness (QED) is 0.822. The first-order chi connectivity index (χ1) is 8.85. The van der Waals surface area contributed by atoms with Crippen LogP contribution in [-0.2, 0) is 0 Å². The topological polar surface area (TPSA) is 53.4 Å². The minimum Gasteiger partial charge on any atom is -0.477 e. The zero-order valence-electron chi connectivity index (χ0n) is 10.3. The van der Waals surface area contributed by atoms with E-state index >= 15 is 0 Å². The standard InChI is InChI=1S/C13H12F2N2O2/c1-9-5-10(6-11(16-9)12(18)19)3-2-4-17-7-13(14,15)8-17/h5-6H,4,7-8H2,1H3,(H,18,19).